The number of nitrogen functional groups attached to an aromatic ring is 1. The number of esters is 1. The number of nitrogens with two attached hydrogens (primary N) is 1. The molecule has 350 valence electrons. The van der Waals surface area contributed by atoms with Gasteiger partial charge in [-0.3, -0.25) is 14.6 Å². The maximum atomic E-state index is 17.0. The van der Waals surface area contributed by atoms with Gasteiger partial charge in [0.15, 0.2) is 18.7 Å². The molecule has 3 fully saturated rings. The van der Waals surface area contributed by atoms with Crippen LogP contribution in [0.5, 0.6) is 0 Å². The van der Waals surface area contributed by atoms with E-state index in [4.69, 9.17) is 29.5 Å². The summed E-state index contributed by atoms with van der Waals surface area (Å²) in [7, 11) is 3.66. The van der Waals surface area contributed by atoms with Crippen LogP contribution in [0, 0.1) is 23.7 Å². The Morgan fingerprint density at radius 2 is 1.84 bits per heavy atom. The summed E-state index contributed by atoms with van der Waals surface area (Å²) in [6.45, 7) is 14.3. The van der Waals surface area contributed by atoms with Gasteiger partial charge in [0.25, 0.3) is 5.67 Å². The van der Waals surface area contributed by atoms with Gasteiger partial charge in [-0.15, -0.1) is 11.3 Å². The maximum Gasteiger partial charge on any atom is 0.351 e. The first kappa shape index (κ1) is 50.2. The number of aliphatic hydroxyl groups is 2. The van der Waals surface area contributed by atoms with E-state index in [1.54, 1.807) is 38.4 Å². The Hall–Kier alpha value is -3.78. The number of carbonyl (C=O) groups excluding carboxylic acids is 3. The smallest absolute Gasteiger partial charge is 0.351 e. The first-order chi connectivity index (χ1) is 29.5. The first-order valence-corrected chi connectivity index (χ1v) is 22.8. The molecular weight excluding hydrogens is 836 g/mol. The van der Waals surface area contributed by atoms with Crippen LogP contribution in [-0.4, -0.2) is 128 Å². The number of hydrogen-bond acceptors (Lipinski definition) is 16. The van der Waals surface area contributed by atoms with Crippen molar-refractivity contribution in [2.75, 3.05) is 26.4 Å². The van der Waals surface area contributed by atoms with Crippen molar-refractivity contribution >= 4 is 46.2 Å². The summed E-state index contributed by atoms with van der Waals surface area (Å²) in [5.74, 6) is -5.90. The van der Waals surface area contributed by atoms with Crippen LogP contribution in [-0.2, 0) is 44.8 Å². The summed E-state index contributed by atoms with van der Waals surface area (Å²) in [6, 6.07) is 3.26. The van der Waals surface area contributed by atoms with Gasteiger partial charge in [-0.1, -0.05) is 39.8 Å². The van der Waals surface area contributed by atoms with Gasteiger partial charge in [0, 0.05) is 47.2 Å². The standard InChI is InChI=1S/C45H67FN6O10S/c1-12-33-45(9,57)31-17-16-30(51-59-22-29-15-14-28(20-48-29)40-49-34(47)23-63-40)21-58-43(7,19-24(3)36(26(31)5)50-35(53)13-2)39(27(6)38(55)44(8,46)42(56)61-33)62-41-37(54)32(52(10)11)18-25(4)60-41/h14-15,20,23-27,31-33,37,39,41,54,57H,12-13,16-19,21-22,47H2,1-11H3/b50-36+,51-30+/t24-,25-,26-,27+,31-,32+,33-,37-,39-,41+,43-,44+,45?/m1/s1. The fraction of sp³-hybridized carbons (Fsp3) is 0.711. The third kappa shape index (κ3) is 11.4. The van der Waals surface area contributed by atoms with Crippen LogP contribution in [0.3, 0.4) is 0 Å². The molecule has 0 aromatic carbocycles. The highest BCUT2D eigenvalue weighted by Crippen LogP contribution is 2.43. The Labute approximate surface area is 374 Å². The normalized spacial score (nSPS) is 37.6. The van der Waals surface area contributed by atoms with Crippen LogP contribution in [0.25, 0.3) is 10.6 Å². The zero-order chi connectivity index (χ0) is 46.6. The van der Waals surface area contributed by atoms with Crippen LogP contribution in [0.2, 0.25) is 0 Å². The number of anilines is 1. The van der Waals surface area contributed by atoms with Gasteiger partial charge in [0.05, 0.1) is 35.8 Å². The molecule has 13 atom stereocenters. The Kier molecular flexibility index (Phi) is 16.4. The monoisotopic (exact) mass is 902 g/mol. The minimum atomic E-state index is -3.19. The molecule has 5 heterocycles. The van der Waals surface area contributed by atoms with Crippen LogP contribution in [0.15, 0.2) is 33.9 Å². The van der Waals surface area contributed by atoms with Gasteiger partial charge in [-0.2, -0.15) is 0 Å². The molecule has 3 saturated heterocycles. The average Bonchev–Trinajstić information content (AvgIpc) is 3.67. The predicted octanol–water partition coefficient (Wildman–Crippen LogP) is 5.72. The van der Waals surface area contributed by atoms with Crippen molar-refractivity contribution in [1.29, 1.82) is 0 Å². The Morgan fingerprint density at radius 3 is 2.44 bits per heavy atom. The van der Waals surface area contributed by atoms with Crippen molar-refractivity contribution in [1.82, 2.24) is 14.9 Å². The number of amides is 1. The molecule has 0 saturated carbocycles. The van der Waals surface area contributed by atoms with Crippen molar-refractivity contribution < 1.29 is 52.8 Å². The highest BCUT2D eigenvalue weighted by Gasteiger charge is 2.56. The summed E-state index contributed by atoms with van der Waals surface area (Å²) < 4.78 is 42.6. The van der Waals surface area contributed by atoms with E-state index >= 15 is 4.39 Å². The van der Waals surface area contributed by atoms with Crippen LogP contribution in [0.4, 0.5) is 10.2 Å². The number of halogens is 1. The van der Waals surface area contributed by atoms with E-state index in [-0.39, 0.29) is 57.3 Å². The summed E-state index contributed by atoms with van der Waals surface area (Å²) in [6.07, 6.45) is -2.71. The van der Waals surface area contributed by atoms with E-state index in [0.717, 1.165) is 17.5 Å². The molecule has 4 N–H and O–H groups in total. The van der Waals surface area contributed by atoms with Crippen molar-refractivity contribution in [3.63, 3.8) is 0 Å². The molecule has 1 unspecified atom stereocenters. The zero-order valence-electron chi connectivity index (χ0n) is 38.5. The van der Waals surface area contributed by atoms with E-state index in [1.165, 1.54) is 25.2 Å². The van der Waals surface area contributed by atoms with Gasteiger partial charge in [0.1, 0.15) is 28.6 Å². The topological polar surface area (TPSA) is 218 Å². The quantitative estimate of drug-likeness (QED) is 0.156. The van der Waals surface area contributed by atoms with Crippen LogP contribution in [0.1, 0.15) is 107 Å². The second-order valence-electron chi connectivity index (χ2n) is 18.3. The van der Waals surface area contributed by atoms with Crippen LogP contribution < -0.4 is 5.73 Å². The fourth-order valence-electron chi connectivity index (χ4n) is 9.42. The number of aliphatic imine (C=N–C) groups is 1. The number of fused-ring (bicyclic) bond motifs is 5. The number of cyclic esters (lactones) is 1. The number of aliphatic hydroxyl groups excluding tert-OH is 1. The molecule has 5 rings (SSSR count). The number of rotatable bonds is 9. The third-order valence-electron chi connectivity index (χ3n) is 13.1. The summed E-state index contributed by atoms with van der Waals surface area (Å²) in [5.41, 5.74) is 1.52. The molecule has 3 aliphatic heterocycles. The van der Waals surface area contributed by atoms with E-state index in [2.05, 4.69) is 20.1 Å². The van der Waals surface area contributed by atoms with Gasteiger partial charge in [-0.05, 0) is 97.9 Å². The molecule has 0 radical (unpaired) electrons. The Bertz CT molecular complexity index is 1980. The average molecular weight is 903 g/mol. The third-order valence-corrected chi connectivity index (χ3v) is 14.0. The largest absolute Gasteiger partial charge is 0.457 e. The lowest BCUT2D eigenvalue weighted by molar-refractivity contribution is -0.296. The molecule has 0 spiro atoms. The number of aromatic nitrogens is 2. The van der Waals surface area contributed by atoms with Gasteiger partial charge in [-0.25, -0.2) is 19.2 Å². The van der Waals surface area contributed by atoms with Crippen molar-refractivity contribution in [3.8, 4) is 10.6 Å². The Morgan fingerprint density at radius 1 is 1.13 bits per heavy atom. The summed E-state index contributed by atoms with van der Waals surface area (Å²) in [4.78, 5) is 62.9. The summed E-state index contributed by atoms with van der Waals surface area (Å²) >= 11 is 1.41. The van der Waals surface area contributed by atoms with E-state index in [9.17, 15) is 24.6 Å². The SMILES string of the molecule is CCC(=O)/N=C1\[C@H](C)C[C@@]2(C)OC/C(=N/OCc3ccc(-c4nc(N)cs4)cn3)CC[C@H]([C@H]1C)C(C)(O)[C@@H](CC)OC(=O)[C@@](C)(F)C(=O)[C@H](C)[C@H]2O[C@@H]1O[C@H](C)C[C@H](N(C)C)[C@H]1O. The minimum absolute atomic E-state index is 0.00603. The maximum absolute atomic E-state index is 17.0. The molecule has 2 bridgehead atoms. The van der Waals surface area contributed by atoms with Crippen LogP contribution >= 0.6 is 11.3 Å². The Balaban J connectivity index is 1.66. The lowest BCUT2D eigenvalue weighted by atomic mass is 9.68. The molecule has 63 heavy (non-hydrogen) atoms. The number of alkyl halides is 1. The molecule has 1 amide bonds. The highest BCUT2D eigenvalue weighted by molar-refractivity contribution is 7.13. The number of Topliss-reactive ketones (excluding diaryl/α,β-unsaturated/α-hetero) is 1. The number of hydrogen-bond donors (Lipinski definition) is 3. The lowest BCUT2D eigenvalue weighted by Crippen LogP contribution is -2.61. The zero-order valence-corrected chi connectivity index (χ0v) is 39.3. The fourth-order valence-corrected chi connectivity index (χ4v) is 10.1. The number of likely N-dealkylation sites (N-methyl/N-ethyl adjacent to an activating group) is 1. The van der Waals surface area contributed by atoms with E-state index in [0.29, 0.717) is 29.4 Å². The number of nitrogens with zero attached hydrogens (tertiary/aromatic N) is 5. The molecular formula is C45H67FN6O10S. The number of pyridine rings is 1. The number of oxime groups is 1. The minimum Gasteiger partial charge on any atom is -0.457 e. The number of carbonyl (C=O) groups is 3. The molecule has 18 heteroatoms. The van der Waals surface area contributed by atoms with Crippen molar-refractivity contribution in [2.45, 2.75) is 161 Å². The molecule has 16 nitrogen and oxygen atoms in total. The van der Waals surface area contributed by atoms with Crippen molar-refractivity contribution in [3.05, 3.63) is 29.4 Å². The highest BCUT2D eigenvalue weighted by atomic mass is 32.1. The molecule has 2 aromatic heterocycles. The van der Waals surface area contributed by atoms with E-state index in [1.807, 2.05) is 45.8 Å². The number of ether oxygens (including phenoxy) is 4. The summed E-state index contributed by atoms with van der Waals surface area (Å²) in [5, 5.41) is 31.3. The number of thiazole rings is 1. The van der Waals surface area contributed by atoms with Gasteiger partial charge >= 0.3 is 5.97 Å². The van der Waals surface area contributed by atoms with E-state index < -0.39 is 82.9 Å². The molecule has 0 aliphatic carbocycles. The lowest BCUT2D eigenvalue weighted by Gasteiger charge is -2.48. The first-order valence-electron chi connectivity index (χ1n) is 21.9. The predicted molar refractivity (Wildman–Crippen MR) is 237 cm³/mol. The van der Waals surface area contributed by atoms with Gasteiger partial charge in [0.2, 0.25) is 5.91 Å². The molecule has 2 aromatic rings. The van der Waals surface area contributed by atoms with Gasteiger partial charge < -0.3 is 44.6 Å². The van der Waals surface area contributed by atoms with Crippen molar-refractivity contribution in [2.24, 2.45) is 33.8 Å². The molecule has 3 aliphatic rings. The second kappa shape index (κ2) is 20.6. The number of ketones is 1. The second-order valence-corrected chi connectivity index (χ2v) is 19.1.